The van der Waals surface area contributed by atoms with Crippen molar-refractivity contribution in [2.24, 2.45) is 5.92 Å². The van der Waals surface area contributed by atoms with Gasteiger partial charge in [-0.1, -0.05) is 6.92 Å². The van der Waals surface area contributed by atoms with Gasteiger partial charge in [0, 0.05) is 6.20 Å². The van der Waals surface area contributed by atoms with Gasteiger partial charge in [0.25, 0.3) is 0 Å². The fourth-order valence-electron chi connectivity index (χ4n) is 2.33. The molecule has 0 aliphatic heterocycles. The van der Waals surface area contributed by atoms with Crippen molar-refractivity contribution in [2.45, 2.75) is 51.7 Å². The molecule has 0 saturated heterocycles. The Labute approximate surface area is 105 Å². The number of rotatable bonds is 2. The van der Waals surface area contributed by atoms with Crippen LogP contribution in [-0.4, -0.2) is 20.5 Å². The SMILES string of the molecule is Cc1nn(CC2(O)CCC(C)CC2)cc1Br. The quantitative estimate of drug-likeness (QED) is 0.908. The Hall–Kier alpha value is -0.350. The van der Waals surface area contributed by atoms with Crippen LogP contribution in [0.15, 0.2) is 10.7 Å². The van der Waals surface area contributed by atoms with Gasteiger partial charge in [-0.2, -0.15) is 5.10 Å². The van der Waals surface area contributed by atoms with E-state index in [1.54, 1.807) is 0 Å². The van der Waals surface area contributed by atoms with E-state index in [9.17, 15) is 5.11 Å². The third kappa shape index (κ3) is 2.66. The summed E-state index contributed by atoms with van der Waals surface area (Å²) in [4.78, 5) is 0. The van der Waals surface area contributed by atoms with Crippen molar-refractivity contribution < 1.29 is 5.11 Å². The second-order valence-corrected chi connectivity index (χ2v) is 6.02. The molecular weight excluding hydrogens is 268 g/mol. The first-order chi connectivity index (χ1) is 7.48. The zero-order chi connectivity index (χ0) is 11.8. The Morgan fingerprint density at radius 1 is 1.56 bits per heavy atom. The standard InChI is InChI=1S/C12H19BrN2O/c1-9-3-5-12(16,6-4-9)8-15-7-11(13)10(2)14-15/h7,9,16H,3-6,8H2,1-2H3. The summed E-state index contributed by atoms with van der Waals surface area (Å²) < 4.78 is 2.87. The summed E-state index contributed by atoms with van der Waals surface area (Å²) in [5, 5.41) is 14.8. The molecule has 0 aromatic carbocycles. The van der Waals surface area contributed by atoms with Gasteiger partial charge in [-0.3, -0.25) is 4.68 Å². The number of aryl methyl sites for hydroxylation is 1. The second-order valence-electron chi connectivity index (χ2n) is 5.17. The highest BCUT2D eigenvalue weighted by Gasteiger charge is 2.32. The van der Waals surface area contributed by atoms with Crippen molar-refractivity contribution in [3.8, 4) is 0 Å². The minimum absolute atomic E-state index is 0.551. The first kappa shape index (κ1) is 12.1. The van der Waals surface area contributed by atoms with Crippen LogP contribution in [-0.2, 0) is 6.54 Å². The van der Waals surface area contributed by atoms with Crippen LogP contribution in [0, 0.1) is 12.8 Å². The van der Waals surface area contributed by atoms with Gasteiger partial charge >= 0.3 is 0 Å². The molecular formula is C12H19BrN2O. The average molecular weight is 287 g/mol. The van der Waals surface area contributed by atoms with Crippen molar-refractivity contribution in [3.63, 3.8) is 0 Å². The van der Waals surface area contributed by atoms with Crippen molar-refractivity contribution in [2.75, 3.05) is 0 Å². The summed E-state index contributed by atoms with van der Waals surface area (Å²) in [5.41, 5.74) is 0.428. The molecule has 4 heteroatoms. The van der Waals surface area contributed by atoms with E-state index < -0.39 is 5.60 Å². The fourth-order valence-corrected chi connectivity index (χ4v) is 2.65. The molecule has 0 spiro atoms. The largest absolute Gasteiger partial charge is 0.388 e. The van der Waals surface area contributed by atoms with Crippen LogP contribution < -0.4 is 0 Å². The van der Waals surface area contributed by atoms with E-state index >= 15 is 0 Å². The van der Waals surface area contributed by atoms with Crippen molar-refractivity contribution in [1.29, 1.82) is 0 Å². The summed E-state index contributed by atoms with van der Waals surface area (Å²) in [7, 11) is 0. The fraction of sp³-hybridized carbons (Fsp3) is 0.750. The van der Waals surface area contributed by atoms with Crippen LogP contribution in [0.1, 0.15) is 38.3 Å². The normalized spacial score (nSPS) is 30.6. The predicted molar refractivity (Wildman–Crippen MR) is 67.2 cm³/mol. The number of hydrogen-bond donors (Lipinski definition) is 1. The number of halogens is 1. The zero-order valence-electron chi connectivity index (χ0n) is 9.91. The average Bonchev–Trinajstić information content (AvgIpc) is 2.51. The molecule has 1 aromatic rings. The van der Waals surface area contributed by atoms with Crippen molar-refractivity contribution >= 4 is 15.9 Å². The molecule has 16 heavy (non-hydrogen) atoms. The number of aliphatic hydroxyl groups is 1. The van der Waals surface area contributed by atoms with Gasteiger partial charge in [-0.25, -0.2) is 0 Å². The van der Waals surface area contributed by atoms with E-state index in [4.69, 9.17) is 0 Å². The minimum atomic E-state index is -0.551. The third-order valence-electron chi connectivity index (χ3n) is 3.55. The van der Waals surface area contributed by atoms with Gasteiger partial charge in [0.2, 0.25) is 0 Å². The molecule has 0 amide bonds. The van der Waals surface area contributed by atoms with E-state index in [1.165, 1.54) is 0 Å². The van der Waals surface area contributed by atoms with Crippen LogP contribution in [0.3, 0.4) is 0 Å². The van der Waals surface area contributed by atoms with E-state index in [-0.39, 0.29) is 0 Å². The van der Waals surface area contributed by atoms with Gasteiger partial charge < -0.3 is 5.11 Å². The Bertz CT molecular complexity index is 348. The Morgan fingerprint density at radius 3 is 2.69 bits per heavy atom. The van der Waals surface area contributed by atoms with Crippen LogP contribution in [0.4, 0.5) is 0 Å². The van der Waals surface area contributed by atoms with Gasteiger partial charge in [-0.05, 0) is 54.5 Å². The van der Waals surface area contributed by atoms with Gasteiger partial charge in [0.15, 0.2) is 0 Å². The molecule has 1 heterocycles. The monoisotopic (exact) mass is 286 g/mol. The van der Waals surface area contributed by atoms with Crippen LogP contribution in [0.25, 0.3) is 0 Å². The van der Waals surface area contributed by atoms with Crippen LogP contribution >= 0.6 is 15.9 Å². The summed E-state index contributed by atoms with van der Waals surface area (Å²) >= 11 is 3.44. The smallest absolute Gasteiger partial charge is 0.0843 e. The number of nitrogens with zero attached hydrogens (tertiary/aromatic N) is 2. The minimum Gasteiger partial charge on any atom is -0.388 e. The molecule has 0 bridgehead atoms. The maximum absolute atomic E-state index is 10.5. The number of hydrogen-bond acceptors (Lipinski definition) is 2. The molecule has 1 N–H and O–H groups in total. The lowest BCUT2D eigenvalue weighted by atomic mass is 9.79. The Morgan fingerprint density at radius 2 is 2.19 bits per heavy atom. The first-order valence-electron chi connectivity index (χ1n) is 5.90. The van der Waals surface area contributed by atoms with Gasteiger partial charge in [0.05, 0.1) is 22.3 Å². The molecule has 3 nitrogen and oxygen atoms in total. The molecule has 2 rings (SSSR count). The van der Waals surface area contributed by atoms with Crippen molar-refractivity contribution in [1.82, 2.24) is 9.78 Å². The Balaban J connectivity index is 2.03. The first-order valence-corrected chi connectivity index (χ1v) is 6.70. The molecule has 1 aliphatic rings. The van der Waals surface area contributed by atoms with E-state index in [0.717, 1.165) is 41.8 Å². The third-order valence-corrected chi connectivity index (χ3v) is 4.33. The van der Waals surface area contributed by atoms with E-state index in [0.29, 0.717) is 6.54 Å². The van der Waals surface area contributed by atoms with E-state index in [1.807, 2.05) is 17.8 Å². The maximum Gasteiger partial charge on any atom is 0.0843 e. The molecule has 1 aliphatic carbocycles. The summed E-state index contributed by atoms with van der Waals surface area (Å²) in [6.07, 6.45) is 5.98. The topological polar surface area (TPSA) is 38.0 Å². The maximum atomic E-state index is 10.5. The summed E-state index contributed by atoms with van der Waals surface area (Å²) in [6.45, 7) is 4.84. The summed E-state index contributed by atoms with van der Waals surface area (Å²) in [6, 6.07) is 0. The highest BCUT2D eigenvalue weighted by Crippen LogP contribution is 2.33. The zero-order valence-corrected chi connectivity index (χ0v) is 11.5. The molecule has 1 saturated carbocycles. The highest BCUT2D eigenvalue weighted by molar-refractivity contribution is 9.10. The molecule has 0 atom stereocenters. The Kier molecular flexibility index (Phi) is 3.40. The lowest BCUT2D eigenvalue weighted by Gasteiger charge is -2.34. The molecule has 1 fully saturated rings. The van der Waals surface area contributed by atoms with E-state index in [2.05, 4.69) is 28.0 Å². The van der Waals surface area contributed by atoms with Crippen LogP contribution in [0.5, 0.6) is 0 Å². The second kappa shape index (κ2) is 4.49. The van der Waals surface area contributed by atoms with Crippen LogP contribution in [0.2, 0.25) is 0 Å². The van der Waals surface area contributed by atoms with Gasteiger partial charge in [0.1, 0.15) is 0 Å². The molecule has 90 valence electrons. The molecule has 0 radical (unpaired) electrons. The number of aromatic nitrogens is 2. The highest BCUT2D eigenvalue weighted by atomic mass is 79.9. The van der Waals surface area contributed by atoms with Crippen molar-refractivity contribution in [3.05, 3.63) is 16.4 Å². The molecule has 1 aromatic heterocycles. The lowest BCUT2D eigenvalue weighted by Crippen LogP contribution is -2.38. The van der Waals surface area contributed by atoms with Gasteiger partial charge in [-0.15, -0.1) is 0 Å². The molecule has 0 unspecified atom stereocenters. The summed E-state index contributed by atoms with van der Waals surface area (Å²) in [5.74, 6) is 0.756. The lowest BCUT2D eigenvalue weighted by molar-refractivity contribution is -0.0244. The predicted octanol–water partition coefficient (Wildman–Crippen LogP) is 2.90.